The Morgan fingerprint density at radius 1 is 1.38 bits per heavy atom. The Morgan fingerprint density at radius 3 is 2.69 bits per heavy atom. The molecule has 2 rings (SSSR count). The topological polar surface area (TPSA) is 51.8 Å². The maximum Gasteiger partial charge on any atom is 0.174 e. The lowest BCUT2D eigenvalue weighted by molar-refractivity contribution is 0.737. The second kappa shape index (κ2) is 5.43. The van der Waals surface area contributed by atoms with Gasteiger partial charge in [0.1, 0.15) is 6.33 Å². The summed E-state index contributed by atoms with van der Waals surface area (Å²) < 4.78 is 4.94. The van der Waals surface area contributed by atoms with Gasteiger partial charge in [-0.2, -0.15) is 4.37 Å². The van der Waals surface area contributed by atoms with Crippen LogP contribution in [0.4, 0.5) is 0 Å². The summed E-state index contributed by atoms with van der Waals surface area (Å²) in [6.45, 7) is 2.02. The van der Waals surface area contributed by atoms with Gasteiger partial charge in [-0.3, -0.25) is 0 Å². The van der Waals surface area contributed by atoms with Gasteiger partial charge in [-0.25, -0.2) is 4.98 Å². The van der Waals surface area contributed by atoms with E-state index in [4.69, 9.17) is 5.73 Å². The summed E-state index contributed by atoms with van der Waals surface area (Å²) in [7, 11) is 0. The van der Waals surface area contributed by atoms with Gasteiger partial charge in [-0.05, 0) is 42.6 Å². The first-order chi connectivity index (χ1) is 7.74. The minimum Gasteiger partial charge on any atom is -0.328 e. The van der Waals surface area contributed by atoms with Crippen molar-refractivity contribution in [1.82, 2.24) is 9.36 Å². The number of nitrogens with zero attached hydrogens (tertiary/aromatic N) is 2. The quantitative estimate of drug-likeness (QED) is 0.907. The highest BCUT2D eigenvalue weighted by molar-refractivity contribution is 8.01. The predicted octanol–water partition coefficient (Wildman–Crippen LogP) is 2.58. The molecule has 3 nitrogen and oxygen atoms in total. The van der Waals surface area contributed by atoms with Crippen molar-refractivity contribution in [3.8, 4) is 0 Å². The molecular formula is C11H13N3S2. The van der Waals surface area contributed by atoms with Crippen LogP contribution < -0.4 is 5.73 Å². The number of nitrogens with two attached hydrogens (primary N) is 1. The molecule has 16 heavy (non-hydrogen) atoms. The van der Waals surface area contributed by atoms with Crippen molar-refractivity contribution < 1.29 is 0 Å². The molecule has 0 aliphatic rings. The molecule has 84 valence electrons. The van der Waals surface area contributed by atoms with Crippen molar-refractivity contribution in [2.24, 2.45) is 5.73 Å². The maximum atomic E-state index is 5.75. The van der Waals surface area contributed by atoms with Crippen LogP contribution in [0, 0.1) is 0 Å². The number of hydrogen-bond donors (Lipinski definition) is 1. The van der Waals surface area contributed by atoms with Crippen molar-refractivity contribution in [2.75, 3.05) is 0 Å². The molecule has 0 radical (unpaired) electrons. The van der Waals surface area contributed by atoms with Gasteiger partial charge in [-0.15, -0.1) is 0 Å². The van der Waals surface area contributed by atoms with E-state index >= 15 is 0 Å². The van der Waals surface area contributed by atoms with Crippen molar-refractivity contribution in [1.29, 1.82) is 0 Å². The van der Waals surface area contributed by atoms with Gasteiger partial charge in [0, 0.05) is 10.9 Å². The SMILES string of the molecule is CC(N)Cc1ccc(Sc2ncns2)cc1. The van der Waals surface area contributed by atoms with Crippen LogP contribution in [0.1, 0.15) is 12.5 Å². The zero-order valence-electron chi connectivity index (χ0n) is 8.96. The molecule has 1 heterocycles. The van der Waals surface area contributed by atoms with Gasteiger partial charge in [-0.1, -0.05) is 23.9 Å². The highest BCUT2D eigenvalue weighted by atomic mass is 32.2. The Hall–Kier alpha value is -0.910. The van der Waals surface area contributed by atoms with E-state index in [9.17, 15) is 0 Å². The molecule has 0 amide bonds. The third-order valence-corrected chi connectivity index (χ3v) is 3.75. The first-order valence-electron chi connectivity index (χ1n) is 5.03. The molecular weight excluding hydrogens is 238 g/mol. The van der Waals surface area contributed by atoms with E-state index in [1.807, 2.05) is 6.92 Å². The van der Waals surface area contributed by atoms with Crippen molar-refractivity contribution in [2.45, 2.75) is 28.6 Å². The Labute approximate surface area is 103 Å². The number of aromatic nitrogens is 2. The van der Waals surface area contributed by atoms with E-state index < -0.39 is 0 Å². The molecule has 1 atom stereocenters. The Morgan fingerprint density at radius 2 is 2.12 bits per heavy atom. The van der Waals surface area contributed by atoms with E-state index in [-0.39, 0.29) is 6.04 Å². The summed E-state index contributed by atoms with van der Waals surface area (Å²) in [6, 6.07) is 8.65. The molecule has 1 aromatic carbocycles. The number of benzene rings is 1. The average molecular weight is 251 g/mol. The summed E-state index contributed by atoms with van der Waals surface area (Å²) in [5.74, 6) is 0. The van der Waals surface area contributed by atoms with E-state index in [1.54, 1.807) is 18.1 Å². The first kappa shape index (κ1) is 11.6. The van der Waals surface area contributed by atoms with Gasteiger partial charge in [0.15, 0.2) is 4.34 Å². The van der Waals surface area contributed by atoms with Crippen LogP contribution in [-0.2, 0) is 6.42 Å². The number of hydrogen-bond acceptors (Lipinski definition) is 5. The van der Waals surface area contributed by atoms with Crippen LogP contribution in [-0.4, -0.2) is 15.4 Å². The second-order valence-electron chi connectivity index (χ2n) is 3.63. The molecule has 0 aliphatic carbocycles. The highest BCUT2D eigenvalue weighted by Crippen LogP contribution is 2.28. The van der Waals surface area contributed by atoms with Crippen LogP contribution in [0.25, 0.3) is 0 Å². The first-order valence-corrected chi connectivity index (χ1v) is 6.62. The molecule has 5 heteroatoms. The van der Waals surface area contributed by atoms with Crippen molar-refractivity contribution in [3.05, 3.63) is 36.2 Å². The summed E-state index contributed by atoms with van der Waals surface area (Å²) in [6.07, 6.45) is 2.50. The van der Waals surface area contributed by atoms with Crippen LogP contribution >= 0.6 is 23.3 Å². The zero-order chi connectivity index (χ0) is 11.4. The summed E-state index contributed by atoms with van der Waals surface area (Å²) in [5, 5.41) is 0. The van der Waals surface area contributed by atoms with Crippen LogP contribution in [0.5, 0.6) is 0 Å². The zero-order valence-corrected chi connectivity index (χ0v) is 10.6. The third kappa shape index (κ3) is 3.30. The minimum absolute atomic E-state index is 0.210. The Balaban J connectivity index is 2.02. The van der Waals surface area contributed by atoms with Gasteiger partial charge >= 0.3 is 0 Å². The molecule has 2 aromatic rings. The van der Waals surface area contributed by atoms with Gasteiger partial charge in [0.05, 0.1) is 0 Å². The van der Waals surface area contributed by atoms with Crippen LogP contribution in [0.15, 0.2) is 39.8 Å². The fourth-order valence-corrected chi connectivity index (χ4v) is 2.79. The molecule has 0 fully saturated rings. The third-order valence-electron chi connectivity index (χ3n) is 2.03. The summed E-state index contributed by atoms with van der Waals surface area (Å²) in [4.78, 5) is 5.32. The molecule has 1 unspecified atom stereocenters. The molecule has 0 saturated carbocycles. The molecule has 2 N–H and O–H groups in total. The minimum atomic E-state index is 0.210. The van der Waals surface area contributed by atoms with Gasteiger partial charge < -0.3 is 5.73 Å². The van der Waals surface area contributed by atoms with E-state index in [0.29, 0.717) is 0 Å². The van der Waals surface area contributed by atoms with Gasteiger partial charge in [0.2, 0.25) is 0 Å². The highest BCUT2D eigenvalue weighted by Gasteiger charge is 2.02. The van der Waals surface area contributed by atoms with Gasteiger partial charge in [0.25, 0.3) is 0 Å². The molecule has 0 spiro atoms. The molecule has 1 aromatic heterocycles. The molecule has 0 bridgehead atoms. The lowest BCUT2D eigenvalue weighted by Gasteiger charge is -2.05. The monoisotopic (exact) mass is 251 g/mol. The molecule has 0 saturated heterocycles. The second-order valence-corrected chi connectivity index (χ2v) is 5.74. The van der Waals surface area contributed by atoms with Crippen molar-refractivity contribution >= 4 is 23.3 Å². The Bertz CT molecular complexity index is 423. The summed E-state index contributed by atoms with van der Waals surface area (Å²) >= 11 is 3.05. The van der Waals surface area contributed by atoms with Crippen LogP contribution in [0.2, 0.25) is 0 Å². The number of rotatable bonds is 4. The largest absolute Gasteiger partial charge is 0.328 e. The normalized spacial score (nSPS) is 12.6. The lowest BCUT2D eigenvalue weighted by Crippen LogP contribution is -2.17. The van der Waals surface area contributed by atoms with E-state index in [2.05, 4.69) is 33.6 Å². The van der Waals surface area contributed by atoms with E-state index in [0.717, 1.165) is 10.8 Å². The summed E-state index contributed by atoms with van der Waals surface area (Å²) in [5.41, 5.74) is 7.02. The Kier molecular flexibility index (Phi) is 3.93. The lowest BCUT2D eigenvalue weighted by atomic mass is 10.1. The smallest absolute Gasteiger partial charge is 0.174 e. The molecule has 0 aliphatic heterocycles. The van der Waals surface area contributed by atoms with E-state index in [1.165, 1.54) is 22.0 Å². The standard InChI is InChI=1S/C11H13N3S2/c1-8(12)6-9-2-4-10(5-3-9)15-11-13-7-14-16-11/h2-5,7-8H,6,12H2,1H3. The maximum absolute atomic E-state index is 5.75. The fraction of sp³-hybridized carbons (Fsp3) is 0.273. The fourth-order valence-electron chi connectivity index (χ4n) is 1.37. The van der Waals surface area contributed by atoms with Crippen molar-refractivity contribution in [3.63, 3.8) is 0 Å². The predicted molar refractivity (Wildman–Crippen MR) is 67.8 cm³/mol. The average Bonchev–Trinajstić information content (AvgIpc) is 2.73. The van der Waals surface area contributed by atoms with Crippen LogP contribution in [0.3, 0.4) is 0 Å².